The number of hydrogen-bond acceptors (Lipinski definition) is 6. The van der Waals surface area contributed by atoms with Crippen LogP contribution in [-0.4, -0.2) is 49.4 Å². The number of fused-ring (bicyclic) bond motifs is 1. The molecule has 0 radical (unpaired) electrons. The maximum Gasteiger partial charge on any atom is 0.355 e. The van der Waals surface area contributed by atoms with E-state index >= 15 is 0 Å². The molecule has 2 aromatic rings. The predicted molar refractivity (Wildman–Crippen MR) is 129 cm³/mol. The quantitative estimate of drug-likeness (QED) is 0.233. The van der Waals surface area contributed by atoms with Crippen molar-refractivity contribution in [3.63, 3.8) is 0 Å². The van der Waals surface area contributed by atoms with Gasteiger partial charge in [0.15, 0.2) is 6.10 Å². The van der Waals surface area contributed by atoms with Crippen molar-refractivity contribution in [1.29, 1.82) is 0 Å². The average molecular weight is 564 g/mol. The van der Waals surface area contributed by atoms with Gasteiger partial charge in [0, 0.05) is 10.2 Å². The first kappa shape index (κ1) is 22.8. The van der Waals surface area contributed by atoms with Crippen LogP contribution < -0.4 is 5.32 Å². The van der Waals surface area contributed by atoms with Crippen LogP contribution in [-0.2, 0) is 25.7 Å². The number of rotatable bonds is 7. The Bertz CT molecular complexity index is 1050. The third-order valence-electron chi connectivity index (χ3n) is 5.28. The molecule has 1 fully saturated rings. The number of ether oxygens (including phenoxy) is 1. The zero-order valence-electron chi connectivity index (χ0n) is 16.9. The molecule has 2 aliphatic heterocycles. The number of halogens is 1. The molecule has 166 valence electrons. The molecule has 2 heterocycles. The van der Waals surface area contributed by atoms with E-state index in [1.54, 1.807) is 30.3 Å². The Labute approximate surface area is 203 Å². The Morgan fingerprint density at radius 1 is 1.16 bits per heavy atom. The minimum absolute atomic E-state index is 0.112. The van der Waals surface area contributed by atoms with E-state index in [0.29, 0.717) is 15.7 Å². The lowest BCUT2D eigenvalue weighted by Gasteiger charge is -2.49. The van der Waals surface area contributed by atoms with Crippen molar-refractivity contribution in [2.75, 3.05) is 10.2 Å². The van der Waals surface area contributed by atoms with Crippen molar-refractivity contribution in [3.05, 3.63) is 83.1 Å². The van der Waals surface area contributed by atoms with Crippen molar-refractivity contribution < 1.29 is 24.2 Å². The Hall–Kier alpha value is -2.37. The molecule has 2 amide bonds. The Balaban J connectivity index is 1.44. The lowest BCUT2D eigenvalue weighted by atomic mass is 10.0. The van der Waals surface area contributed by atoms with Crippen LogP contribution in [0.15, 0.2) is 71.9 Å². The van der Waals surface area contributed by atoms with Gasteiger partial charge in [0.1, 0.15) is 23.7 Å². The highest BCUT2D eigenvalue weighted by atomic mass is 127. The van der Waals surface area contributed by atoms with Gasteiger partial charge in [-0.3, -0.25) is 14.5 Å². The van der Waals surface area contributed by atoms with E-state index in [1.807, 2.05) is 30.3 Å². The van der Waals surface area contributed by atoms with Gasteiger partial charge in [0.05, 0.1) is 0 Å². The third-order valence-corrected chi connectivity index (χ3v) is 7.54. The summed E-state index contributed by atoms with van der Waals surface area (Å²) in [6.07, 6.45) is -1.37. The van der Waals surface area contributed by atoms with Crippen LogP contribution in [0.4, 0.5) is 0 Å². The summed E-state index contributed by atoms with van der Waals surface area (Å²) < 4.78 is 6.07. The lowest BCUT2D eigenvalue weighted by Crippen LogP contribution is -2.71. The van der Waals surface area contributed by atoms with Gasteiger partial charge in [-0.15, -0.1) is 11.8 Å². The summed E-state index contributed by atoms with van der Waals surface area (Å²) in [5.41, 5.74) is 2.39. The smallest absolute Gasteiger partial charge is 0.355 e. The van der Waals surface area contributed by atoms with Crippen LogP contribution in [0, 0.1) is 0 Å². The molecular formula is C23H21IN2O5S. The number of aliphatic hydroxyl groups is 1. The molecule has 2 N–H and O–H groups in total. The molecule has 0 saturated carbocycles. The zero-order valence-corrected chi connectivity index (χ0v) is 19.9. The van der Waals surface area contributed by atoms with Gasteiger partial charge in [-0.2, -0.15) is 0 Å². The number of β-lactam (4-membered cyclic amide) rings is 1. The van der Waals surface area contributed by atoms with Gasteiger partial charge in [0.2, 0.25) is 0 Å². The second kappa shape index (κ2) is 10.1. The van der Waals surface area contributed by atoms with Gasteiger partial charge < -0.3 is 15.2 Å². The molecule has 9 heteroatoms. The number of carbonyl (C=O) groups excluding carboxylic acids is 3. The van der Waals surface area contributed by atoms with E-state index in [1.165, 1.54) is 16.7 Å². The van der Waals surface area contributed by atoms with Crippen LogP contribution in [0.5, 0.6) is 0 Å². The number of benzene rings is 2. The molecule has 0 spiro atoms. The van der Waals surface area contributed by atoms with Crippen molar-refractivity contribution in [2.24, 2.45) is 0 Å². The van der Waals surface area contributed by atoms with Crippen LogP contribution in [0.3, 0.4) is 0 Å². The molecule has 2 aromatic carbocycles. The number of amides is 2. The molecule has 3 unspecified atom stereocenters. The first-order valence-corrected chi connectivity index (χ1v) is 12.6. The highest BCUT2D eigenvalue weighted by molar-refractivity contribution is 14.1. The highest BCUT2D eigenvalue weighted by Gasteiger charge is 2.54. The summed E-state index contributed by atoms with van der Waals surface area (Å²) in [5.74, 6) is -1.02. The Morgan fingerprint density at radius 3 is 2.47 bits per heavy atom. The standard InChI is InChI=1S/C23H21IN2O5S/c24-11-16-13-32-22-17(25-20(28)19(27)15-9-5-2-6-10-15)21(29)26(22)18(16)23(30)31-12-14-7-3-1-4-8-14/h1-10,17,19,22,27H,11-13H2,(H,25,28). The molecule has 3 atom stereocenters. The van der Waals surface area contributed by atoms with Crippen LogP contribution in [0.2, 0.25) is 0 Å². The monoisotopic (exact) mass is 564 g/mol. The first-order chi connectivity index (χ1) is 15.5. The second-order valence-corrected chi connectivity index (χ2v) is 9.22. The highest BCUT2D eigenvalue weighted by Crippen LogP contribution is 2.41. The van der Waals surface area contributed by atoms with Crippen LogP contribution in [0.25, 0.3) is 0 Å². The summed E-state index contributed by atoms with van der Waals surface area (Å²) in [6, 6.07) is 17.0. The topological polar surface area (TPSA) is 95.9 Å². The minimum Gasteiger partial charge on any atom is -0.456 e. The largest absolute Gasteiger partial charge is 0.456 e. The van der Waals surface area contributed by atoms with Gasteiger partial charge in [-0.25, -0.2) is 4.79 Å². The van der Waals surface area contributed by atoms with Crippen LogP contribution in [0.1, 0.15) is 17.2 Å². The molecule has 0 bridgehead atoms. The molecular weight excluding hydrogens is 543 g/mol. The number of thioether (sulfide) groups is 1. The SMILES string of the molecule is O=C(OCc1ccccc1)C1=C(CI)CSC2C(NC(=O)C(O)c3ccccc3)C(=O)N12. The number of nitrogens with zero attached hydrogens (tertiary/aromatic N) is 1. The van der Waals surface area contributed by atoms with Crippen LogP contribution >= 0.6 is 34.4 Å². The molecule has 32 heavy (non-hydrogen) atoms. The first-order valence-electron chi connectivity index (χ1n) is 9.98. The second-order valence-electron chi connectivity index (χ2n) is 7.36. The summed E-state index contributed by atoms with van der Waals surface area (Å²) >= 11 is 3.65. The normalized spacial score (nSPS) is 20.8. The fraction of sp³-hybridized carbons (Fsp3) is 0.261. The number of esters is 1. The Kier molecular flexibility index (Phi) is 7.17. The molecule has 0 aliphatic carbocycles. The summed E-state index contributed by atoms with van der Waals surface area (Å²) in [5, 5.41) is 12.5. The number of carbonyl (C=O) groups is 3. The fourth-order valence-electron chi connectivity index (χ4n) is 3.58. The van der Waals surface area contributed by atoms with E-state index in [-0.39, 0.29) is 18.2 Å². The van der Waals surface area contributed by atoms with E-state index < -0.39 is 29.4 Å². The van der Waals surface area contributed by atoms with Gasteiger partial charge in [0.25, 0.3) is 11.8 Å². The zero-order chi connectivity index (χ0) is 22.7. The summed E-state index contributed by atoms with van der Waals surface area (Å²) in [6.45, 7) is 0.112. The van der Waals surface area contributed by atoms with E-state index in [0.717, 1.165) is 11.1 Å². The van der Waals surface area contributed by atoms with Crippen molar-refractivity contribution in [1.82, 2.24) is 10.2 Å². The minimum atomic E-state index is -1.37. The fourth-order valence-corrected chi connectivity index (χ4v) is 5.93. The summed E-state index contributed by atoms with van der Waals surface area (Å²) in [7, 11) is 0. The van der Waals surface area contributed by atoms with Crippen molar-refractivity contribution in [2.45, 2.75) is 24.1 Å². The van der Waals surface area contributed by atoms with Gasteiger partial charge in [-0.1, -0.05) is 83.3 Å². The molecule has 1 saturated heterocycles. The lowest BCUT2D eigenvalue weighted by molar-refractivity contribution is -0.154. The molecule has 2 aliphatic rings. The number of aliphatic hydroxyl groups excluding tert-OH is 1. The van der Waals surface area contributed by atoms with E-state index in [4.69, 9.17) is 4.74 Å². The predicted octanol–water partition coefficient (Wildman–Crippen LogP) is 2.55. The van der Waals surface area contributed by atoms with Crippen molar-refractivity contribution >= 4 is 52.1 Å². The van der Waals surface area contributed by atoms with E-state index in [2.05, 4.69) is 27.9 Å². The Morgan fingerprint density at radius 2 is 1.81 bits per heavy atom. The number of alkyl halides is 1. The maximum atomic E-state index is 12.9. The number of nitrogens with one attached hydrogen (secondary N) is 1. The number of hydrogen-bond donors (Lipinski definition) is 2. The molecule has 0 aromatic heterocycles. The molecule has 4 rings (SSSR count). The molecule has 7 nitrogen and oxygen atoms in total. The van der Waals surface area contributed by atoms with Gasteiger partial charge in [-0.05, 0) is 16.7 Å². The average Bonchev–Trinajstić information content (AvgIpc) is 2.85. The van der Waals surface area contributed by atoms with Crippen molar-refractivity contribution in [3.8, 4) is 0 Å². The summed E-state index contributed by atoms with van der Waals surface area (Å²) in [4.78, 5) is 39.7. The van der Waals surface area contributed by atoms with E-state index in [9.17, 15) is 19.5 Å². The maximum absolute atomic E-state index is 12.9. The van der Waals surface area contributed by atoms with Gasteiger partial charge >= 0.3 is 5.97 Å². The third kappa shape index (κ3) is 4.55.